The van der Waals surface area contributed by atoms with E-state index in [1.165, 1.54) is 17.7 Å². The van der Waals surface area contributed by atoms with Crippen LogP contribution < -0.4 is 0 Å². The highest BCUT2D eigenvalue weighted by molar-refractivity contribution is 5.80. The molecule has 0 aliphatic heterocycles. The van der Waals surface area contributed by atoms with Crippen molar-refractivity contribution in [3.8, 4) is 11.4 Å². The van der Waals surface area contributed by atoms with Gasteiger partial charge in [-0.05, 0) is 40.8 Å². The van der Waals surface area contributed by atoms with Crippen molar-refractivity contribution in [2.75, 3.05) is 0 Å². The van der Waals surface area contributed by atoms with Crippen molar-refractivity contribution in [1.29, 1.82) is 0 Å². The van der Waals surface area contributed by atoms with Crippen LogP contribution in [0.5, 0.6) is 0 Å². The van der Waals surface area contributed by atoms with Gasteiger partial charge in [0.05, 0.1) is 11.0 Å². The highest BCUT2D eigenvalue weighted by atomic mass is 19.1. The number of rotatable bonds is 3. The second kappa shape index (κ2) is 6.66. The first-order valence-corrected chi connectivity index (χ1v) is 9.22. The van der Waals surface area contributed by atoms with Crippen LogP contribution in [-0.2, 0) is 12.0 Å². The van der Waals surface area contributed by atoms with Crippen LogP contribution in [0.2, 0.25) is 0 Å². The SMILES string of the molecule is CC(C)(C)c1ccc(-c2nc3ccccc3n2Cc2ccc(F)cc2)cc1. The van der Waals surface area contributed by atoms with E-state index < -0.39 is 0 Å². The Kier molecular flexibility index (Phi) is 4.31. The lowest BCUT2D eigenvalue weighted by Crippen LogP contribution is -2.10. The van der Waals surface area contributed by atoms with Gasteiger partial charge in [0.25, 0.3) is 0 Å². The van der Waals surface area contributed by atoms with E-state index >= 15 is 0 Å². The van der Waals surface area contributed by atoms with E-state index in [9.17, 15) is 4.39 Å². The molecular formula is C24H23FN2. The van der Waals surface area contributed by atoms with E-state index in [1.807, 2.05) is 30.3 Å². The summed E-state index contributed by atoms with van der Waals surface area (Å²) in [6.07, 6.45) is 0. The summed E-state index contributed by atoms with van der Waals surface area (Å²) in [6.45, 7) is 7.29. The number of hydrogen-bond donors (Lipinski definition) is 0. The summed E-state index contributed by atoms with van der Waals surface area (Å²) in [6, 6.07) is 23.5. The van der Waals surface area contributed by atoms with Gasteiger partial charge < -0.3 is 4.57 Å². The summed E-state index contributed by atoms with van der Waals surface area (Å²) in [4.78, 5) is 4.88. The third kappa shape index (κ3) is 3.50. The highest BCUT2D eigenvalue weighted by Crippen LogP contribution is 2.29. The quantitative estimate of drug-likeness (QED) is 0.427. The average Bonchev–Trinajstić information content (AvgIpc) is 3.02. The number of fused-ring (bicyclic) bond motifs is 1. The molecule has 3 aromatic carbocycles. The van der Waals surface area contributed by atoms with Gasteiger partial charge >= 0.3 is 0 Å². The van der Waals surface area contributed by atoms with Gasteiger partial charge in [0.15, 0.2) is 0 Å². The second-order valence-electron chi connectivity index (χ2n) is 7.96. The van der Waals surface area contributed by atoms with Crippen LogP contribution in [0.15, 0.2) is 72.8 Å². The fourth-order valence-electron chi connectivity index (χ4n) is 3.35. The minimum Gasteiger partial charge on any atom is -0.319 e. The van der Waals surface area contributed by atoms with Gasteiger partial charge in [-0.2, -0.15) is 0 Å². The number of para-hydroxylation sites is 2. The molecule has 1 aromatic heterocycles. The molecule has 27 heavy (non-hydrogen) atoms. The zero-order valence-corrected chi connectivity index (χ0v) is 15.9. The predicted octanol–water partition coefficient (Wildman–Crippen LogP) is 6.19. The first-order valence-electron chi connectivity index (χ1n) is 9.22. The first-order chi connectivity index (χ1) is 12.9. The van der Waals surface area contributed by atoms with Gasteiger partial charge in [0.2, 0.25) is 0 Å². The molecule has 1 heterocycles. The summed E-state index contributed by atoms with van der Waals surface area (Å²) in [5.41, 5.74) is 5.60. The molecule has 3 heteroatoms. The lowest BCUT2D eigenvalue weighted by atomic mass is 9.87. The third-order valence-corrected chi connectivity index (χ3v) is 4.92. The summed E-state index contributed by atoms with van der Waals surface area (Å²) < 4.78 is 15.5. The molecule has 0 N–H and O–H groups in total. The fourth-order valence-corrected chi connectivity index (χ4v) is 3.35. The molecule has 4 rings (SSSR count). The molecule has 0 unspecified atom stereocenters. The number of imidazole rings is 1. The van der Waals surface area contributed by atoms with E-state index in [2.05, 4.69) is 55.7 Å². The zero-order valence-electron chi connectivity index (χ0n) is 15.9. The van der Waals surface area contributed by atoms with Crippen molar-refractivity contribution >= 4 is 11.0 Å². The van der Waals surface area contributed by atoms with Crippen molar-refractivity contribution < 1.29 is 4.39 Å². The van der Waals surface area contributed by atoms with E-state index in [-0.39, 0.29) is 11.2 Å². The molecule has 0 fully saturated rings. The monoisotopic (exact) mass is 358 g/mol. The van der Waals surface area contributed by atoms with Gasteiger partial charge in [0.1, 0.15) is 11.6 Å². The second-order valence-corrected chi connectivity index (χ2v) is 7.96. The van der Waals surface area contributed by atoms with Crippen molar-refractivity contribution in [1.82, 2.24) is 9.55 Å². The molecule has 0 amide bonds. The van der Waals surface area contributed by atoms with E-state index in [0.717, 1.165) is 28.0 Å². The van der Waals surface area contributed by atoms with Crippen molar-refractivity contribution in [3.63, 3.8) is 0 Å². The Balaban J connectivity index is 1.81. The Bertz CT molecular complexity index is 1070. The van der Waals surface area contributed by atoms with Crippen LogP contribution in [0.3, 0.4) is 0 Å². The fraction of sp³-hybridized carbons (Fsp3) is 0.208. The number of nitrogens with zero attached hydrogens (tertiary/aromatic N) is 2. The lowest BCUT2D eigenvalue weighted by molar-refractivity contribution is 0.590. The Morgan fingerprint density at radius 1 is 0.852 bits per heavy atom. The molecule has 0 aliphatic rings. The van der Waals surface area contributed by atoms with Crippen LogP contribution >= 0.6 is 0 Å². The summed E-state index contributed by atoms with van der Waals surface area (Å²) >= 11 is 0. The lowest BCUT2D eigenvalue weighted by Gasteiger charge is -2.19. The van der Waals surface area contributed by atoms with Gasteiger partial charge in [-0.25, -0.2) is 9.37 Å². The van der Waals surface area contributed by atoms with Gasteiger partial charge in [0, 0.05) is 12.1 Å². The molecule has 4 aromatic rings. The molecule has 0 aliphatic carbocycles. The maximum absolute atomic E-state index is 13.3. The Morgan fingerprint density at radius 3 is 2.19 bits per heavy atom. The Labute approximate surface area is 159 Å². The number of benzene rings is 3. The summed E-state index contributed by atoms with van der Waals surface area (Å²) in [5.74, 6) is 0.716. The van der Waals surface area contributed by atoms with Crippen molar-refractivity contribution in [2.24, 2.45) is 0 Å². The van der Waals surface area contributed by atoms with Gasteiger partial charge in [-0.1, -0.05) is 69.3 Å². The van der Waals surface area contributed by atoms with Crippen molar-refractivity contribution in [2.45, 2.75) is 32.7 Å². The van der Waals surface area contributed by atoms with Crippen LogP contribution in [0.4, 0.5) is 4.39 Å². The smallest absolute Gasteiger partial charge is 0.141 e. The molecule has 0 atom stereocenters. The van der Waals surface area contributed by atoms with E-state index in [1.54, 1.807) is 0 Å². The van der Waals surface area contributed by atoms with Crippen LogP contribution in [-0.4, -0.2) is 9.55 Å². The van der Waals surface area contributed by atoms with E-state index in [0.29, 0.717) is 6.54 Å². The highest BCUT2D eigenvalue weighted by Gasteiger charge is 2.16. The standard InChI is InChI=1S/C24H23FN2/c1-24(2,3)19-12-10-18(11-13-19)23-26-21-6-4-5-7-22(21)27(23)16-17-8-14-20(25)15-9-17/h4-15H,16H2,1-3H3. The van der Waals surface area contributed by atoms with Crippen LogP contribution in [0.25, 0.3) is 22.4 Å². The average molecular weight is 358 g/mol. The minimum atomic E-state index is -0.216. The molecule has 136 valence electrons. The molecule has 0 bridgehead atoms. The van der Waals surface area contributed by atoms with Gasteiger partial charge in [-0.3, -0.25) is 0 Å². The minimum absolute atomic E-state index is 0.118. The number of aromatic nitrogens is 2. The number of halogens is 1. The van der Waals surface area contributed by atoms with Crippen LogP contribution in [0.1, 0.15) is 31.9 Å². The largest absolute Gasteiger partial charge is 0.319 e. The molecule has 0 radical (unpaired) electrons. The topological polar surface area (TPSA) is 17.8 Å². The summed E-state index contributed by atoms with van der Waals surface area (Å²) in [7, 11) is 0. The maximum atomic E-state index is 13.3. The molecule has 0 spiro atoms. The predicted molar refractivity (Wildman–Crippen MR) is 109 cm³/mol. The van der Waals surface area contributed by atoms with E-state index in [4.69, 9.17) is 4.98 Å². The molecule has 0 saturated carbocycles. The van der Waals surface area contributed by atoms with Gasteiger partial charge in [-0.15, -0.1) is 0 Å². The van der Waals surface area contributed by atoms with Crippen molar-refractivity contribution in [3.05, 3.63) is 89.7 Å². The molecular weight excluding hydrogens is 335 g/mol. The normalized spacial score (nSPS) is 11.9. The Hall–Kier alpha value is -2.94. The Morgan fingerprint density at radius 2 is 1.52 bits per heavy atom. The molecule has 2 nitrogen and oxygen atoms in total. The third-order valence-electron chi connectivity index (χ3n) is 4.92. The maximum Gasteiger partial charge on any atom is 0.141 e. The summed E-state index contributed by atoms with van der Waals surface area (Å²) in [5, 5.41) is 0. The van der Waals surface area contributed by atoms with Crippen LogP contribution in [0, 0.1) is 5.82 Å². The number of hydrogen-bond acceptors (Lipinski definition) is 1. The first kappa shape index (κ1) is 17.5. The zero-order chi connectivity index (χ0) is 19.0. The molecule has 0 saturated heterocycles.